The van der Waals surface area contributed by atoms with Crippen molar-refractivity contribution in [2.45, 2.75) is 12.6 Å². The lowest BCUT2D eigenvalue weighted by Gasteiger charge is -2.32. The molecule has 1 aliphatic rings. The Morgan fingerprint density at radius 3 is 2.59 bits per heavy atom. The van der Waals surface area contributed by atoms with Gasteiger partial charge >= 0.3 is 0 Å². The van der Waals surface area contributed by atoms with Gasteiger partial charge in [-0.3, -0.25) is 9.88 Å². The summed E-state index contributed by atoms with van der Waals surface area (Å²) in [5, 5.41) is 0.723. The van der Waals surface area contributed by atoms with Gasteiger partial charge in [0.05, 0.1) is 12.3 Å². The Morgan fingerprint density at radius 2 is 1.90 bits per heavy atom. The molecule has 0 unspecified atom stereocenters. The zero-order chi connectivity index (χ0) is 20.2. The summed E-state index contributed by atoms with van der Waals surface area (Å²) in [6, 6.07) is 11.9. The summed E-state index contributed by atoms with van der Waals surface area (Å²) in [7, 11) is 3.87. The number of hydrogen-bond acceptors (Lipinski definition) is 6. The molecule has 1 atom stereocenters. The van der Waals surface area contributed by atoms with Crippen molar-refractivity contribution < 1.29 is 4.74 Å². The van der Waals surface area contributed by atoms with Crippen molar-refractivity contribution >= 4 is 17.5 Å². The molecule has 6 nitrogen and oxygen atoms in total. The number of halogens is 1. The minimum Gasteiger partial charge on any atom is -0.369 e. The van der Waals surface area contributed by atoms with E-state index in [1.54, 1.807) is 0 Å². The van der Waals surface area contributed by atoms with Crippen LogP contribution in [0.15, 0.2) is 55.0 Å². The van der Waals surface area contributed by atoms with Gasteiger partial charge in [0.1, 0.15) is 6.10 Å². The third kappa shape index (κ3) is 4.90. The van der Waals surface area contributed by atoms with E-state index in [0.717, 1.165) is 53.0 Å². The fourth-order valence-corrected chi connectivity index (χ4v) is 3.57. The number of morpholine rings is 1. The average molecular weight is 410 g/mol. The van der Waals surface area contributed by atoms with E-state index in [0.29, 0.717) is 6.61 Å². The number of nitrogens with zero attached hydrogens (tertiary/aromatic N) is 5. The van der Waals surface area contributed by atoms with Crippen LogP contribution in [0.4, 0.5) is 5.95 Å². The number of hydrogen-bond donors (Lipinski definition) is 0. The van der Waals surface area contributed by atoms with Crippen LogP contribution in [0.3, 0.4) is 0 Å². The van der Waals surface area contributed by atoms with Crippen LogP contribution in [0.1, 0.15) is 17.4 Å². The summed E-state index contributed by atoms with van der Waals surface area (Å²) in [5.41, 5.74) is 4.14. The molecule has 1 saturated heterocycles. The number of aromatic nitrogens is 3. The van der Waals surface area contributed by atoms with Crippen molar-refractivity contribution in [2.75, 3.05) is 38.7 Å². The van der Waals surface area contributed by atoms with Crippen molar-refractivity contribution in [3.05, 3.63) is 71.3 Å². The van der Waals surface area contributed by atoms with Crippen LogP contribution < -0.4 is 4.90 Å². The van der Waals surface area contributed by atoms with E-state index in [2.05, 4.69) is 25.9 Å². The first-order chi connectivity index (χ1) is 14.1. The average Bonchev–Trinajstić information content (AvgIpc) is 2.74. The third-order valence-corrected chi connectivity index (χ3v) is 5.16. The van der Waals surface area contributed by atoms with Crippen LogP contribution in [0, 0.1) is 0 Å². The van der Waals surface area contributed by atoms with Gasteiger partial charge in [-0.15, -0.1) is 0 Å². The SMILES string of the molecule is CN(C)c1ncc(CN2CCO[C@H](c3ccc(-c4cccc(Cl)c4)cn3)C2)cn1. The Labute approximate surface area is 176 Å². The standard InChI is InChI=1S/C22H24ClN5O/c1-27(2)22-25-11-16(12-26-22)14-28-8-9-29-21(15-28)20-7-6-18(13-24-20)17-4-3-5-19(23)10-17/h3-7,10-13,21H,8-9,14-15H2,1-2H3/t21-/m0/s1. The highest BCUT2D eigenvalue weighted by atomic mass is 35.5. The molecule has 0 amide bonds. The van der Waals surface area contributed by atoms with Crippen molar-refractivity contribution in [2.24, 2.45) is 0 Å². The molecule has 4 rings (SSSR count). The number of anilines is 1. The lowest BCUT2D eigenvalue weighted by molar-refractivity contribution is -0.0350. The predicted molar refractivity (Wildman–Crippen MR) is 115 cm³/mol. The molecule has 0 N–H and O–H groups in total. The Bertz CT molecular complexity index is 946. The second kappa shape index (κ2) is 8.86. The molecule has 0 aliphatic carbocycles. The summed E-state index contributed by atoms with van der Waals surface area (Å²) in [4.78, 5) is 17.7. The highest BCUT2D eigenvalue weighted by Crippen LogP contribution is 2.26. The molecule has 3 aromatic rings. The largest absolute Gasteiger partial charge is 0.369 e. The first kappa shape index (κ1) is 19.8. The van der Waals surface area contributed by atoms with Gasteiger partial charge in [-0.1, -0.05) is 29.8 Å². The fraction of sp³-hybridized carbons (Fsp3) is 0.318. The summed E-state index contributed by atoms with van der Waals surface area (Å²) < 4.78 is 5.98. The molecule has 1 aromatic carbocycles. The summed E-state index contributed by atoms with van der Waals surface area (Å²) in [5.74, 6) is 0.720. The minimum atomic E-state index is -0.0425. The topological polar surface area (TPSA) is 54.4 Å². The number of ether oxygens (including phenoxy) is 1. The van der Waals surface area contributed by atoms with Crippen molar-refractivity contribution in [1.29, 1.82) is 0 Å². The summed E-state index contributed by atoms with van der Waals surface area (Å²) in [6.45, 7) is 3.15. The highest BCUT2D eigenvalue weighted by molar-refractivity contribution is 6.30. The van der Waals surface area contributed by atoms with Crippen molar-refractivity contribution in [3.63, 3.8) is 0 Å². The molecule has 0 bridgehead atoms. The van der Waals surface area contributed by atoms with Crippen LogP contribution in [-0.2, 0) is 11.3 Å². The molecular weight excluding hydrogens is 386 g/mol. The lowest BCUT2D eigenvalue weighted by Crippen LogP contribution is -2.38. The van der Waals surface area contributed by atoms with Gasteiger partial charge in [-0.05, 0) is 23.8 Å². The summed E-state index contributed by atoms with van der Waals surface area (Å²) >= 11 is 6.10. The fourth-order valence-electron chi connectivity index (χ4n) is 3.38. The molecule has 2 aromatic heterocycles. The zero-order valence-electron chi connectivity index (χ0n) is 16.6. The van der Waals surface area contributed by atoms with Crippen LogP contribution >= 0.6 is 11.6 Å². The number of pyridine rings is 1. The summed E-state index contributed by atoms with van der Waals surface area (Å²) in [6.07, 6.45) is 5.63. The molecule has 150 valence electrons. The molecule has 29 heavy (non-hydrogen) atoms. The monoisotopic (exact) mass is 409 g/mol. The Hall–Kier alpha value is -2.54. The van der Waals surface area contributed by atoms with Crippen LogP contribution in [0.2, 0.25) is 5.02 Å². The van der Waals surface area contributed by atoms with Crippen LogP contribution in [-0.4, -0.2) is 53.6 Å². The first-order valence-corrected chi connectivity index (χ1v) is 10.0. The molecule has 3 heterocycles. The maximum absolute atomic E-state index is 6.10. The van der Waals surface area contributed by atoms with Gasteiger partial charge in [0.15, 0.2) is 0 Å². The highest BCUT2D eigenvalue weighted by Gasteiger charge is 2.23. The van der Waals surface area contributed by atoms with Gasteiger partial charge in [0.2, 0.25) is 5.95 Å². The normalized spacial score (nSPS) is 17.3. The van der Waals surface area contributed by atoms with E-state index in [1.807, 2.05) is 67.9 Å². The van der Waals surface area contributed by atoms with E-state index in [9.17, 15) is 0 Å². The Morgan fingerprint density at radius 1 is 1.07 bits per heavy atom. The zero-order valence-corrected chi connectivity index (χ0v) is 17.4. The lowest BCUT2D eigenvalue weighted by atomic mass is 10.1. The molecule has 0 radical (unpaired) electrons. The van der Waals surface area contributed by atoms with Crippen LogP contribution in [0.25, 0.3) is 11.1 Å². The van der Waals surface area contributed by atoms with E-state index in [4.69, 9.17) is 16.3 Å². The van der Waals surface area contributed by atoms with Gasteiger partial charge in [-0.2, -0.15) is 0 Å². The molecule has 0 spiro atoms. The third-order valence-electron chi connectivity index (χ3n) is 4.92. The number of benzene rings is 1. The molecule has 1 aliphatic heterocycles. The molecule has 0 saturated carbocycles. The molecule has 1 fully saturated rings. The second-order valence-corrected chi connectivity index (χ2v) is 7.80. The van der Waals surface area contributed by atoms with Gasteiger partial charge < -0.3 is 9.64 Å². The Kier molecular flexibility index (Phi) is 6.04. The van der Waals surface area contributed by atoms with E-state index in [1.165, 1.54) is 0 Å². The first-order valence-electron chi connectivity index (χ1n) is 9.62. The van der Waals surface area contributed by atoms with E-state index in [-0.39, 0.29) is 6.10 Å². The van der Waals surface area contributed by atoms with Gasteiger partial charge in [-0.25, -0.2) is 9.97 Å². The predicted octanol–water partition coefficient (Wildman–Crippen LogP) is 3.83. The van der Waals surface area contributed by atoms with Crippen molar-refractivity contribution in [3.8, 4) is 11.1 Å². The second-order valence-electron chi connectivity index (χ2n) is 7.36. The maximum Gasteiger partial charge on any atom is 0.224 e. The van der Waals surface area contributed by atoms with Crippen molar-refractivity contribution in [1.82, 2.24) is 19.9 Å². The smallest absolute Gasteiger partial charge is 0.224 e. The van der Waals surface area contributed by atoms with E-state index >= 15 is 0 Å². The molecular formula is C22H24ClN5O. The quantitative estimate of drug-likeness (QED) is 0.638. The Balaban J connectivity index is 1.41. The van der Waals surface area contributed by atoms with Crippen LogP contribution in [0.5, 0.6) is 0 Å². The van der Waals surface area contributed by atoms with Gasteiger partial charge in [0.25, 0.3) is 0 Å². The van der Waals surface area contributed by atoms with Gasteiger partial charge in [0, 0.05) is 68.5 Å². The minimum absolute atomic E-state index is 0.0425. The molecule has 7 heteroatoms. The number of rotatable bonds is 5. The maximum atomic E-state index is 6.10. The van der Waals surface area contributed by atoms with E-state index < -0.39 is 0 Å².